The smallest absolute Gasteiger partial charge is 0.223 e. The average Bonchev–Trinajstić information content (AvgIpc) is 3.09. The van der Waals surface area contributed by atoms with Gasteiger partial charge in [0.25, 0.3) is 0 Å². The van der Waals surface area contributed by atoms with Crippen molar-refractivity contribution < 1.29 is 4.79 Å². The fourth-order valence-corrected chi connectivity index (χ4v) is 4.30. The van der Waals surface area contributed by atoms with Crippen molar-refractivity contribution in [2.75, 3.05) is 44.2 Å². The minimum absolute atomic E-state index is 0.201. The molecule has 1 amide bonds. The Kier molecular flexibility index (Phi) is 6.82. The molecule has 3 rings (SSSR count). The largest absolute Gasteiger partial charge is 0.371 e. The molecule has 2 saturated heterocycles. The number of piperidine rings is 1. The van der Waals surface area contributed by atoms with E-state index >= 15 is 0 Å². The summed E-state index contributed by atoms with van der Waals surface area (Å²) in [5.41, 5.74) is 1.22. The standard InChI is InChI=1S/C21H32ClN3O/c1-16(2)14-24-10-8-18(9-11-24)21(26)23-13-17-7-12-25(15-17)20-5-3-19(22)4-6-20/h3-6,16-18H,7-15H2,1-2H3,(H,23,26)/t17-/m0/s1. The molecule has 2 aliphatic heterocycles. The molecule has 1 N–H and O–H groups in total. The van der Waals surface area contributed by atoms with Gasteiger partial charge in [-0.05, 0) is 68.5 Å². The maximum Gasteiger partial charge on any atom is 0.223 e. The lowest BCUT2D eigenvalue weighted by Gasteiger charge is -2.32. The molecule has 0 bridgehead atoms. The summed E-state index contributed by atoms with van der Waals surface area (Å²) in [5, 5.41) is 4.00. The van der Waals surface area contributed by atoms with E-state index in [4.69, 9.17) is 11.6 Å². The first-order valence-corrected chi connectivity index (χ1v) is 10.4. The zero-order chi connectivity index (χ0) is 18.5. The van der Waals surface area contributed by atoms with Gasteiger partial charge in [0.1, 0.15) is 0 Å². The fourth-order valence-electron chi connectivity index (χ4n) is 4.17. The van der Waals surface area contributed by atoms with Gasteiger partial charge in [0.2, 0.25) is 5.91 Å². The summed E-state index contributed by atoms with van der Waals surface area (Å²) in [6.45, 7) is 10.6. The number of halogens is 1. The molecule has 0 aromatic heterocycles. The van der Waals surface area contributed by atoms with Crippen LogP contribution in [-0.4, -0.2) is 50.1 Å². The summed E-state index contributed by atoms with van der Waals surface area (Å²) in [5.74, 6) is 1.70. The SMILES string of the molecule is CC(C)CN1CCC(C(=O)NC[C@@H]2CCN(c3ccc(Cl)cc3)C2)CC1. The van der Waals surface area contributed by atoms with Crippen LogP contribution in [0, 0.1) is 17.8 Å². The number of amides is 1. The zero-order valence-electron chi connectivity index (χ0n) is 16.1. The van der Waals surface area contributed by atoms with Gasteiger partial charge in [-0.15, -0.1) is 0 Å². The molecule has 0 radical (unpaired) electrons. The summed E-state index contributed by atoms with van der Waals surface area (Å²) in [7, 11) is 0. The van der Waals surface area contributed by atoms with Crippen LogP contribution in [0.1, 0.15) is 33.1 Å². The summed E-state index contributed by atoms with van der Waals surface area (Å²) >= 11 is 5.97. The maximum absolute atomic E-state index is 12.5. The number of nitrogens with one attached hydrogen (secondary N) is 1. The molecule has 0 aliphatic carbocycles. The molecular formula is C21H32ClN3O. The van der Waals surface area contributed by atoms with E-state index in [-0.39, 0.29) is 11.8 Å². The predicted molar refractivity (Wildman–Crippen MR) is 109 cm³/mol. The first-order valence-electron chi connectivity index (χ1n) is 10.0. The van der Waals surface area contributed by atoms with Gasteiger partial charge in [0, 0.05) is 42.8 Å². The minimum atomic E-state index is 0.201. The summed E-state index contributed by atoms with van der Waals surface area (Å²) in [6, 6.07) is 8.04. The number of rotatable bonds is 6. The molecule has 5 heteroatoms. The number of anilines is 1. The highest BCUT2D eigenvalue weighted by molar-refractivity contribution is 6.30. The number of carbonyl (C=O) groups excluding carboxylic acids is 1. The Labute approximate surface area is 162 Å². The average molecular weight is 378 g/mol. The fraction of sp³-hybridized carbons (Fsp3) is 0.667. The second-order valence-corrected chi connectivity index (χ2v) is 8.73. The van der Waals surface area contributed by atoms with Crippen molar-refractivity contribution in [1.82, 2.24) is 10.2 Å². The number of hydrogen-bond donors (Lipinski definition) is 1. The molecule has 0 spiro atoms. The van der Waals surface area contributed by atoms with Crippen LogP contribution in [-0.2, 0) is 4.79 Å². The summed E-state index contributed by atoms with van der Waals surface area (Å²) < 4.78 is 0. The van der Waals surface area contributed by atoms with Gasteiger partial charge in [-0.1, -0.05) is 25.4 Å². The molecule has 2 aliphatic rings. The van der Waals surface area contributed by atoms with Crippen LogP contribution >= 0.6 is 11.6 Å². The molecule has 1 aromatic rings. The van der Waals surface area contributed by atoms with E-state index < -0.39 is 0 Å². The van der Waals surface area contributed by atoms with Gasteiger partial charge in [-0.25, -0.2) is 0 Å². The number of benzene rings is 1. The normalized spacial score (nSPS) is 22.2. The van der Waals surface area contributed by atoms with Crippen LogP contribution in [0.5, 0.6) is 0 Å². The Morgan fingerprint density at radius 2 is 1.85 bits per heavy atom. The Morgan fingerprint density at radius 3 is 2.50 bits per heavy atom. The van der Waals surface area contributed by atoms with E-state index in [0.717, 1.165) is 63.6 Å². The third kappa shape index (κ3) is 5.37. The second-order valence-electron chi connectivity index (χ2n) is 8.29. The van der Waals surface area contributed by atoms with Gasteiger partial charge >= 0.3 is 0 Å². The topological polar surface area (TPSA) is 35.6 Å². The van der Waals surface area contributed by atoms with Crippen LogP contribution in [0.2, 0.25) is 5.02 Å². The first-order chi connectivity index (χ1) is 12.5. The van der Waals surface area contributed by atoms with Crippen molar-refractivity contribution in [1.29, 1.82) is 0 Å². The van der Waals surface area contributed by atoms with Crippen molar-refractivity contribution in [2.45, 2.75) is 33.1 Å². The number of nitrogens with zero attached hydrogens (tertiary/aromatic N) is 2. The number of carbonyl (C=O) groups is 1. The van der Waals surface area contributed by atoms with Crippen LogP contribution < -0.4 is 10.2 Å². The highest BCUT2D eigenvalue weighted by Gasteiger charge is 2.27. The van der Waals surface area contributed by atoms with E-state index in [1.54, 1.807) is 0 Å². The van der Waals surface area contributed by atoms with Crippen molar-refractivity contribution in [2.24, 2.45) is 17.8 Å². The van der Waals surface area contributed by atoms with E-state index in [9.17, 15) is 4.79 Å². The third-order valence-corrected chi connectivity index (χ3v) is 5.88. The van der Waals surface area contributed by atoms with Gasteiger partial charge in [-0.3, -0.25) is 4.79 Å². The predicted octanol–water partition coefficient (Wildman–Crippen LogP) is 3.65. The van der Waals surface area contributed by atoms with Crippen molar-refractivity contribution in [3.05, 3.63) is 29.3 Å². The number of hydrogen-bond acceptors (Lipinski definition) is 3. The van der Waals surface area contributed by atoms with Gasteiger partial charge < -0.3 is 15.1 Å². The van der Waals surface area contributed by atoms with Gasteiger partial charge in [0.15, 0.2) is 0 Å². The Balaban J connectivity index is 1.38. The molecule has 144 valence electrons. The lowest BCUT2D eigenvalue weighted by Crippen LogP contribution is -2.42. The molecule has 26 heavy (non-hydrogen) atoms. The Hall–Kier alpha value is -1.26. The van der Waals surface area contributed by atoms with Crippen molar-refractivity contribution in [3.63, 3.8) is 0 Å². The van der Waals surface area contributed by atoms with Crippen LogP contribution in [0.4, 0.5) is 5.69 Å². The molecule has 4 nitrogen and oxygen atoms in total. The van der Waals surface area contributed by atoms with Crippen molar-refractivity contribution >= 4 is 23.2 Å². The first kappa shape index (κ1) is 19.5. The highest BCUT2D eigenvalue weighted by atomic mass is 35.5. The van der Waals surface area contributed by atoms with E-state index in [1.165, 1.54) is 5.69 Å². The molecule has 0 saturated carbocycles. The molecule has 2 heterocycles. The van der Waals surface area contributed by atoms with Gasteiger partial charge in [0.05, 0.1) is 0 Å². The quantitative estimate of drug-likeness (QED) is 0.821. The third-order valence-electron chi connectivity index (χ3n) is 5.62. The van der Waals surface area contributed by atoms with E-state index in [1.807, 2.05) is 12.1 Å². The minimum Gasteiger partial charge on any atom is -0.371 e. The van der Waals surface area contributed by atoms with Gasteiger partial charge in [-0.2, -0.15) is 0 Å². The summed E-state index contributed by atoms with van der Waals surface area (Å²) in [6.07, 6.45) is 3.13. The molecule has 2 fully saturated rings. The Morgan fingerprint density at radius 1 is 1.15 bits per heavy atom. The molecule has 0 unspecified atom stereocenters. The lowest BCUT2D eigenvalue weighted by atomic mass is 9.95. The van der Waals surface area contributed by atoms with E-state index in [0.29, 0.717) is 11.8 Å². The molecule has 1 aromatic carbocycles. The zero-order valence-corrected chi connectivity index (χ0v) is 16.8. The number of likely N-dealkylation sites (tertiary alicyclic amines) is 1. The van der Waals surface area contributed by atoms with Crippen LogP contribution in [0.15, 0.2) is 24.3 Å². The highest BCUT2D eigenvalue weighted by Crippen LogP contribution is 2.25. The molecule has 1 atom stereocenters. The monoisotopic (exact) mass is 377 g/mol. The van der Waals surface area contributed by atoms with E-state index in [2.05, 4.69) is 41.1 Å². The van der Waals surface area contributed by atoms with Crippen LogP contribution in [0.3, 0.4) is 0 Å². The Bertz CT molecular complexity index is 581. The molecular weight excluding hydrogens is 346 g/mol. The summed E-state index contributed by atoms with van der Waals surface area (Å²) in [4.78, 5) is 17.4. The van der Waals surface area contributed by atoms with Crippen molar-refractivity contribution in [3.8, 4) is 0 Å². The van der Waals surface area contributed by atoms with Crippen LogP contribution in [0.25, 0.3) is 0 Å². The lowest BCUT2D eigenvalue weighted by molar-refractivity contribution is -0.126. The maximum atomic E-state index is 12.5. The second kappa shape index (κ2) is 9.09.